The Morgan fingerprint density at radius 1 is 1.14 bits per heavy atom. The number of fused-ring (bicyclic) bond motifs is 1. The summed E-state index contributed by atoms with van der Waals surface area (Å²) in [5.41, 5.74) is 1.47. The van der Waals surface area contributed by atoms with Gasteiger partial charge in [-0.05, 0) is 35.9 Å². The first-order valence-corrected chi connectivity index (χ1v) is 7.84. The number of rotatable bonds is 3. The molecule has 0 unspecified atom stereocenters. The molecule has 0 saturated carbocycles. The van der Waals surface area contributed by atoms with E-state index in [0.29, 0.717) is 5.56 Å². The highest BCUT2D eigenvalue weighted by Gasteiger charge is 2.22. The summed E-state index contributed by atoms with van der Waals surface area (Å²) in [5.74, 6) is -0.218. The predicted octanol–water partition coefficient (Wildman–Crippen LogP) is 5.25. The summed E-state index contributed by atoms with van der Waals surface area (Å²) in [7, 11) is 0. The number of carbonyl (C=O) groups excluding carboxylic acids is 1. The third kappa shape index (κ3) is 2.50. The molecule has 0 saturated heterocycles. The minimum Gasteiger partial charge on any atom is -0.508 e. The van der Waals surface area contributed by atoms with Crippen molar-refractivity contribution in [3.05, 3.63) is 53.8 Å². The van der Waals surface area contributed by atoms with Gasteiger partial charge in [-0.15, -0.1) is 11.3 Å². The maximum atomic E-state index is 13.2. The Bertz CT molecular complexity index is 847. The Kier molecular flexibility index (Phi) is 3.71. The van der Waals surface area contributed by atoms with Gasteiger partial charge in [0.25, 0.3) is 0 Å². The Morgan fingerprint density at radius 2 is 1.82 bits per heavy atom. The summed E-state index contributed by atoms with van der Waals surface area (Å²) in [6.07, 6.45) is 0. The van der Waals surface area contributed by atoms with Gasteiger partial charge in [0.05, 0.1) is 0 Å². The van der Waals surface area contributed by atoms with Crippen molar-refractivity contribution in [2.75, 3.05) is 0 Å². The van der Waals surface area contributed by atoms with E-state index in [9.17, 15) is 14.3 Å². The smallest absolute Gasteiger partial charge is 0.167 e. The van der Waals surface area contributed by atoms with Crippen molar-refractivity contribution in [1.29, 1.82) is 0 Å². The van der Waals surface area contributed by atoms with Crippen molar-refractivity contribution in [3.63, 3.8) is 0 Å². The van der Waals surface area contributed by atoms with Crippen molar-refractivity contribution in [2.45, 2.75) is 13.8 Å². The van der Waals surface area contributed by atoms with Gasteiger partial charge in [-0.2, -0.15) is 0 Å². The van der Waals surface area contributed by atoms with Crippen LogP contribution in [0, 0.1) is 11.7 Å². The summed E-state index contributed by atoms with van der Waals surface area (Å²) in [6, 6.07) is 11.1. The Morgan fingerprint density at radius 3 is 2.45 bits per heavy atom. The van der Waals surface area contributed by atoms with Crippen LogP contribution in [0.5, 0.6) is 5.75 Å². The van der Waals surface area contributed by atoms with E-state index < -0.39 is 0 Å². The van der Waals surface area contributed by atoms with E-state index in [4.69, 9.17) is 0 Å². The fourth-order valence-corrected chi connectivity index (χ4v) is 3.67. The minimum absolute atomic E-state index is 0.0521. The van der Waals surface area contributed by atoms with Gasteiger partial charge in [-0.3, -0.25) is 4.79 Å². The van der Waals surface area contributed by atoms with Crippen molar-refractivity contribution in [3.8, 4) is 16.2 Å². The van der Waals surface area contributed by atoms with E-state index in [1.165, 1.54) is 23.5 Å². The molecule has 22 heavy (non-hydrogen) atoms. The Labute approximate surface area is 131 Å². The van der Waals surface area contributed by atoms with Crippen molar-refractivity contribution >= 4 is 27.2 Å². The molecule has 0 atom stereocenters. The summed E-state index contributed by atoms with van der Waals surface area (Å²) < 4.78 is 14.0. The molecule has 1 heterocycles. The molecule has 0 amide bonds. The molecule has 2 nitrogen and oxygen atoms in total. The molecule has 1 aromatic heterocycles. The summed E-state index contributed by atoms with van der Waals surface area (Å²) in [6.45, 7) is 3.72. The van der Waals surface area contributed by atoms with Crippen LogP contribution >= 0.6 is 11.3 Å². The van der Waals surface area contributed by atoms with Crippen LogP contribution in [-0.4, -0.2) is 10.9 Å². The molecule has 112 valence electrons. The molecule has 0 spiro atoms. The van der Waals surface area contributed by atoms with Crippen LogP contribution in [0.25, 0.3) is 20.5 Å². The molecular formula is C18H15FO2S. The van der Waals surface area contributed by atoms with Gasteiger partial charge in [-0.1, -0.05) is 26.0 Å². The van der Waals surface area contributed by atoms with Gasteiger partial charge in [-0.25, -0.2) is 4.39 Å². The highest BCUT2D eigenvalue weighted by molar-refractivity contribution is 7.22. The number of thiophene rings is 1. The molecule has 0 aliphatic carbocycles. The zero-order valence-corrected chi connectivity index (χ0v) is 13.1. The second kappa shape index (κ2) is 5.54. The quantitative estimate of drug-likeness (QED) is 0.670. The third-order valence-corrected chi connectivity index (χ3v) is 4.75. The van der Waals surface area contributed by atoms with E-state index in [2.05, 4.69) is 0 Å². The monoisotopic (exact) mass is 314 g/mol. The number of phenolic OH excluding ortho intramolecular Hbond substituents is 1. The highest BCUT2D eigenvalue weighted by Crippen LogP contribution is 2.41. The standard InChI is InChI=1S/C18H15FO2S/c1-10(2)17(21)16-14-8-7-13(20)9-15(14)22-18(16)11-3-5-12(19)6-4-11/h3-10,20H,1-2H3. The normalized spacial score (nSPS) is 11.3. The lowest BCUT2D eigenvalue weighted by Gasteiger charge is -2.07. The van der Waals surface area contributed by atoms with Gasteiger partial charge in [0, 0.05) is 26.4 Å². The lowest BCUT2D eigenvalue weighted by atomic mass is 9.96. The first-order valence-electron chi connectivity index (χ1n) is 7.03. The lowest BCUT2D eigenvalue weighted by molar-refractivity contribution is 0.0942. The number of halogens is 1. The molecular weight excluding hydrogens is 299 g/mol. The van der Waals surface area contributed by atoms with E-state index in [-0.39, 0.29) is 23.3 Å². The largest absolute Gasteiger partial charge is 0.508 e. The average Bonchev–Trinajstić information content (AvgIpc) is 2.85. The van der Waals surface area contributed by atoms with Gasteiger partial charge in [0.2, 0.25) is 0 Å². The first kappa shape index (κ1) is 14.7. The zero-order valence-electron chi connectivity index (χ0n) is 12.3. The Hall–Kier alpha value is -2.20. The van der Waals surface area contributed by atoms with Gasteiger partial charge < -0.3 is 5.11 Å². The number of phenols is 1. The number of carbonyl (C=O) groups is 1. The Balaban J connectivity index is 2.30. The fraction of sp³-hybridized carbons (Fsp3) is 0.167. The molecule has 2 aromatic carbocycles. The maximum absolute atomic E-state index is 13.2. The van der Waals surface area contributed by atoms with Crippen LogP contribution in [-0.2, 0) is 0 Å². The number of aromatic hydroxyl groups is 1. The van der Waals surface area contributed by atoms with Crippen LogP contribution in [0.4, 0.5) is 4.39 Å². The van der Waals surface area contributed by atoms with E-state index >= 15 is 0 Å². The SMILES string of the molecule is CC(C)C(=O)c1c(-c2ccc(F)cc2)sc2cc(O)ccc12. The maximum Gasteiger partial charge on any atom is 0.167 e. The number of hydrogen-bond acceptors (Lipinski definition) is 3. The van der Waals surface area contributed by atoms with Gasteiger partial charge in [0.15, 0.2) is 5.78 Å². The van der Waals surface area contributed by atoms with Crippen molar-refractivity contribution in [2.24, 2.45) is 5.92 Å². The minimum atomic E-state index is -0.306. The second-order valence-corrected chi connectivity index (χ2v) is 6.56. The van der Waals surface area contributed by atoms with Gasteiger partial charge in [0.1, 0.15) is 11.6 Å². The molecule has 4 heteroatoms. The molecule has 1 N–H and O–H groups in total. The van der Waals surface area contributed by atoms with Crippen LogP contribution in [0.3, 0.4) is 0 Å². The van der Waals surface area contributed by atoms with Crippen molar-refractivity contribution < 1.29 is 14.3 Å². The number of hydrogen-bond donors (Lipinski definition) is 1. The predicted molar refractivity (Wildman–Crippen MR) is 88.1 cm³/mol. The summed E-state index contributed by atoms with van der Waals surface area (Å²) in [5, 5.41) is 10.5. The van der Waals surface area contributed by atoms with E-state index in [1.807, 2.05) is 13.8 Å². The van der Waals surface area contributed by atoms with Crippen molar-refractivity contribution in [1.82, 2.24) is 0 Å². The molecule has 0 fully saturated rings. The lowest BCUT2D eigenvalue weighted by Crippen LogP contribution is -2.07. The summed E-state index contributed by atoms with van der Waals surface area (Å²) >= 11 is 1.44. The van der Waals surface area contributed by atoms with Crippen LogP contribution in [0.1, 0.15) is 24.2 Å². The highest BCUT2D eigenvalue weighted by atomic mass is 32.1. The third-order valence-electron chi connectivity index (χ3n) is 3.55. The number of ketones is 1. The molecule has 0 aliphatic rings. The molecule has 3 aromatic rings. The fourth-order valence-electron chi connectivity index (χ4n) is 2.42. The molecule has 0 bridgehead atoms. The zero-order chi connectivity index (χ0) is 15.9. The molecule has 0 radical (unpaired) electrons. The van der Waals surface area contributed by atoms with E-state index in [0.717, 1.165) is 20.5 Å². The second-order valence-electron chi connectivity index (χ2n) is 5.51. The first-order chi connectivity index (χ1) is 10.5. The topological polar surface area (TPSA) is 37.3 Å². The molecule has 0 aliphatic heterocycles. The van der Waals surface area contributed by atoms with Crippen LogP contribution in [0.2, 0.25) is 0 Å². The van der Waals surface area contributed by atoms with Crippen LogP contribution in [0.15, 0.2) is 42.5 Å². The summed E-state index contributed by atoms with van der Waals surface area (Å²) in [4.78, 5) is 13.5. The number of benzene rings is 2. The molecule has 3 rings (SSSR count). The average molecular weight is 314 g/mol. The van der Waals surface area contributed by atoms with Gasteiger partial charge >= 0.3 is 0 Å². The van der Waals surface area contributed by atoms with Crippen LogP contribution < -0.4 is 0 Å². The van der Waals surface area contributed by atoms with E-state index in [1.54, 1.807) is 30.3 Å². The number of Topliss-reactive ketones (excluding diaryl/α,β-unsaturated/α-hetero) is 1.